The smallest absolute Gasteiger partial charge is 0.0923 e. The van der Waals surface area contributed by atoms with E-state index in [9.17, 15) is 0 Å². The average Bonchev–Trinajstić information content (AvgIpc) is 2.82. The quantitative estimate of drug-likeness (QED) is 0.910. The van der Waals surface area contributed by atoms with E-state index in [0.29, 0.717) is 6.04 Å². The van der Waals surface area contributed by atoms with E-state index in [4.69, 9.17) is 11.6 Å². The Morgan fingerprint density at radius 3 is 2.78 bits per heavy atom. The molecule has 18 heavy (non-hydrogen) atoms. The van der Waals surface area contributed by atoms with Gasteiger partial charge in [0.05, 0.1) is 23.6 Å². The van der Waals surface area contributed by atoms with Gasteiger partial charge in [0, 0.05) is 22.4 Å². The number of hydrogen-bond acceptors (Lipinski definition) is 2. The van der Waals surface area contributed by atoms with Gasteiger partial charge >= 0.3 is 0 Å². The Morgan fingerprint density at radius 1 is 1.44 bits per heavy atom. The third-order valence-electron chi connectivity index (χ3n) is 2.75. The maximum Gasteiger partial charge on any atom is 0.0923 e. The number of aromatic nitrogens is 2. The topological polar surface area (TPSA) is 31.9 Å². The van der Waals surface area contributed by atoms with Crippen LogP contribution in [0.4, 0.5) is 5.69 Å². The molecule has 0 bridgehead atoms. The fourth-order valence-corrected chi connectivity index (χ4v) is 2.21. The van der Waals surface area contributed by atoms with Gasteiger partial charge in [-0.25, -0.2) is 4.98 Å². The van der Waals surface area contributed by atoms with Crippen LogP contribution in [0.1, 0.15) is 19.5 Å². The number of H-pyrrole nitrogens is 1. The third-order valence-corrected chi connectivity index (χ3v) is 3.98. The largest absolute Gasteiger partial charge is 0.363 e. The molecule has 0 unspecified atom stereocenters. The molecule has 2 rings (SSSR count). The van der Waals surface area contributed by atoms with Gasteiger partial charge in [-0.1, -0.05) is 11.6 Å². The lowest BCUT2D eigenvalue weighted by Crippen LogP contribution is -2.30. The first kappa shape index (κ1) is 13.4. The zero-order valence-electron chi connectivity index (χ0n) is 10.3. The first-order valence-corrected chi connectivity index (χ1v) is 6.94. The number of nitrogens with zero attached hydrogens (tertiary/aromatic N) is 2. The second-order valence-electron chi connectivity index (χ2n) is 4.38. The monoisotopic (exact) mass is 327 g/mol. The number of benzene rings is 1. The van der Waals surface area contributed by atoms with Crippen molar-refractivity contribution < 1.29 is 0 Å². The predicted molar refractivity (Wildman–Crippen MR) is 79.1 cm³/mol. The van der Waals surface area contributed by atoms with E-state index in [-0.39, 0.29) is 0 Å². The van der Waals surface area contributed by atoms with Crippen LogP contribution >= 0.6 is 27.5 Å². The molecule has 0 radical (unpaired) electrons. The summed E-state index contributed by atoms with van der Waals surface area (Å²) in [6.45, 7) is 5.07. The minimum atomic E-state index is 0.374. The molecule has 96 valence electrons. The fraction of sp³-hybridized carbons (Fsp3) is 0.308. The fourth-order valence-electron chi connectivity index (χ4n) is 1.79. The highest BCUT2D eigenvalue weighted by Crippen LogP contribution is 2.29. The maximum absolute atomic E-state index is 6.15. The van der Waals surface area contributed by atoms with E-state index < -0.39 is 0 Å². The van der Waals surface area contributed by atoms with Gasteiger partial charge in [-0.15, -0.1) is 0 Å². The third kappa shape index (κ3) is 3.06. The van der Waals surface area contributed by atoms with Crippen LogP contribution in [0.15, 0.2) is 35.2 Å². The van der Waals surface area contributed by atoms with Gasteiger partial charge in [-0.3, -0.25) is 0 Å². The molecule has 0 aliphatic rings. The molecule has 1 heterocycles. The minimum Gasteiger partial charge on any atom is -0.363 e. The summed E-state index contributed by atoms with van der Waals surface area (Å²) in [5.74, 6) is 0. The van der Waals surface area contributed by atoms with Gasteiger partial charge in [0.1, 0.15) is 0 Å². The van der Waals surface area contributed by atoms with E-state index in [1.165, 1.54) is 0 Å². The molecule has 5 heteroatoms. The first-order valence-electron chi connectivity index (χ1n) is 5.77. The zero-order valence-corrected chi connectivity index (χ0v) is 12.7. The van der Waals surface area contributed by atoms with Crippen LogP contribution in [0.25, 0.3) is 0 Å². The molecular weight excluding hydrogens is 314 g/mol. The van der Waals surface area contributed by atoms with Gasteiger partial charge in [0.15, 0.2) is 0 Å². The highest BCUT2D eigenvalue weighted by molar-refractivity contribution is 9.10. The molecule has 0 spiro atoms. The van der Waals surface area contributed by atoms with Crippen molar-refractivity contribution in [1.29, 1.82) is 0 Å². The summed E-state index contributed by atoms with van der Waals surface area (Å²) in [4.78, 5) is 9.50. The number of halogens is 2. The number of hydrogen-bond donors (Lipinski definition) is 1. The molecule has 0 amide bonds. The maximum atomic E-state index is 6.15. The lowest BCUT2D eigenvalue weighted by Gasteiger charge is -2.28. The lowest BCUT2D eigenvalue weighted by molar-refractivity contribution is 0.675. The minimum absolute atomic E-state index is 0.374. The van der Waals surface area contributed by atoms with Crippen molar-refractivity contribution in [3.8, 4) is 0 Å². The molecule has 1 aromatic carbocycles. The Kier molecular flexibility index (Phi) is 4.30. The molecule has 1 N–H and O–H groups in total. The summed E-state index contributed by atoms with van der Waals surface area (Å²) in [7, 11) is 0. The van der Waals surface area contributed by atoms with Crippen LogP contribution in [0.2, 0.25) is 5.02 Å². The average molecular weight is 329 g/mol. The van der Waals surface area contributed by atoms with Crippen LogP contribution < -0.4 is 4.90 Å². The van der Waals surface area contributed by atoms with Gasteiger partial charge in [-0.05, 0) is 48.0 Å². The van der Waals surface area contributed by atoms with Gasteiger partial charge in [0.25, 0.3) is 0 Å². The van der Waals surface area contributed by atoms with Crippen molar-refractivity contribution in [3.05, 3.63) is 45.9 Å². The lowest BCUT2D eigenvalue weighted by atomic mass is 10.2. The van der Waals surface area contributed by atoms with Crippen LogP contribution in [-0.4, -0.2) is 16.0 Å². The molecule has 2 aromatic rings. The summed E-state index contributed by atoms with van der Waals surface area (Å²) in [6, 6.07) is 6.37. The number of rotatable bonds is 4. The Bertz CT molecular complexity index is 511. The van der Waals surface area contributed by atoms with E-state index in [1.807, 2.05) is 18.3 Å². The molecule has 0 aliphatic carbocycles. The first-order chi connectivity index (χ1) is 8.58. The summed E-state index contributed by atoms with van der Waals surface area (Å²) in [6.07, 6.45) is 3.61. The number of anilines is 1. The zero-order chi connectivity index (χ0) is 13.1. The van der Waals surface area contributed by atoms with Crippen LogP contribution in [-0.2, 0) is 6.54 Å². The highest BCUT2D eigenvalue weighted by Gasteiger charge is 2.13. The summed E-state index contributed by atoms with van der Waals surface area (Å²) in [5.41, 5.74) is 2.11. The van der Waals surface area contributed by atoms with Crippen LogP contribution in [0.3, 0.4) is 0 Å². The molecule has 1 aromatic heterocycles. The van der Waals surface area contributed by atoms with E-state index in [0.717, 1.165) is 27.4 Å². The molecule has 0 aliphatic heterocycles. The molecule has 0 saturated heterocycles. The van der Waals surface area contributed by atoms with Crippen molar-refractivity contribution in [1.82, 2.24) is 9.97 Å². The standard InChI is InChI=1S/C13H15BrClN3/c1-9(2)18(7-10-6-16-8-17-10)11-3-4-12(14)13(15)5-11/h3-6,8-9H,7H2,1-2H3,(H,16,17). The molecule has 0 fully saturated rings. The SMILES string of the molecule is CC(C)N(Cc1c[nH]cn1)c1ccc(Br)c(Cl)c1. The van der Waals surface area contributed by atoms with Crippen molar-refractivity contribution in [3.63, 3.8) is 0 Å². The van der Waals surface area contributed by atoms with Crippen molar-refractivity contribution >= 4 is 33.2 Å². The highest BCUT2D eigenvalue weighted by atomic mass is 79.9. The molecule has 0 atom stereocenters. The van der Waals surface area contributed by atoms with E-state index in [2.05, 4.69) is 50.7 Å². The normalized spacial score (nSPS) is 10.9. The van der Waals surface area contributed by atoms with Gasteiger partial charge in [-0.2, -0.15) is 0 Å². The second kappa shape index (κ2) is 5.76. The molecule has 0 saturated carbocycles. The van der Waals surface area contributed by atoms with Crippen LogP contribution in [0, 0.1) is 0 Å². The molecule has 3 nitrogen and oxygen atoms in total. The summed E-state index contributed by atoms with van der Waals surface area (Å²) >= 11 is 9.56. The predicted octanol–water partition coefficient (Wildman–Crippen LogP) is 4.24. The Hall–Kier alpha value is -1.000. The summed E-state index contributed by atoms with van der Waals surface area (Å²) < 4.78 is 0.913. The second-order valence-corrected chi connectivity index (χ2v) is 5.64. The van der Waals surface area contributed by atoms with Crippen molar-refractivity contribution in [2.24, 2.45) is 0 Å². The van der Waals surface area contributed by atoms with Crippen LogP contribution in [0.5, 0.6) is 0 Å². The Labute approximate surface area is 120 Å². The number of imidazole rings is 1. The molecular formula is C13H15BrClN3. The van der Waals surface area contributed by atoms with E-state index in [1.54, 1.807) is 6.33 Å². The Morgan fingerprint density at radius 2 is 2.22 bits per heavy atom. The van der Waals surface area contributed by atoms with E-state index >= 15 is 0 Å². The van der Waals surface area contributed by atoms with Crippen molar-refractivity contribution in [2.45, 2.75) is 26.4 Å². The number of aromatic amines is 1. The summed E-state index contributed by atoms with van der Waals surface area (Å²) in [5, 5.41) is 0.722. The number of nitrogens with one attached hydrogen (secondary N) is 1. The van der Waals surface area contributed by atoms with Gasteiger partial charge in [0.2, 0.25) is 0 Å². The Balaban J connectivity index is 2.26. The van der Waals surface area contributed by atoms with Gasteiger partial charge < -0.3 is 9.88 Å². The van der Waals surface area contributed by atoms with Crippen molar-refractivity contribution in [2.75, 3.05) is 4.90 Å².